The highest BCUT2D eigenvalue weighted by Gasteiger charge is 2.11. The van der Waals surface area contributed by atoms with Gasteiger partial charge in [-0.1, -0.05) is 23.8 Å². The van der Waals surface area contributed by atoms with E-state index in [2.05, 4.69) is 0 Å². The molecule has 0 unspecified atom stereocenters. The highest BCUT2D eigenvalue weighted by Crippen LogP contribution is 2.24. The number of nitrogens with zero attached hydrogens (tertiary/aromatic N) is 1. The summed E-state index contributed by atoms with van der Waals surface area (Å²) in [7, 11) is 0. The van der Waals surface area contributed by atoms with Crippen molar-refractivity contribution in [1.82, 2.24) is 0 Å². The molecule has 0 atom stereocenters. The van der Waals surface area contributed by atoms with Crippen molar-refractivity contribution in [2.75, 3.05) is 0 Å². The minimum atomic E-state index is -0.846. The van der Waals surface area contributed by atoms with Crippen LogP contribution in [-0.2, 0) is 4.79 Å². The molecular weight excluding hydrogens is 258 g/mol. The number of carboxylic acid groups (broad SMARTS) is 1. The van der Waals surface area contributed by atoms with Crippen molar-refractivity contribution in [3.8, 4) is 0 Å². The highest BCUT2D eigenvalue weighted by molar-refractivity contribution is 6.30. The van der Waals surface area contributed by atoms with Crippen molar-refractivity contribution in [2.45, 2.75) is 19.3 Å². The number of carbonyl (C=O) groups is 1. The molecule has 0 aliphatic carbocycles. The van der Waals surface area contributed by atoms with Crippen molar-refractivity contribution in [3.63, 3.8) is 0 Å². The second-order valence-electron chi connectivity index (χ2n) is 3.65. The van der Waals surface area contributed by atoms with Crippen LogP contribution in [0, 0.1) is 10.1 Å². The fourth-order valence-electron chi connectivity index (χ4n) is 1.40. The largest absolute Gasteiger partial charge is 0.481 e. The predicted molar refractivity (Wildman–Crippen MR) is 68.6 cm³/mol. The zero-order chi connectivity index (χ0) is 13.5. The van der Waals surface area contributed by atoms with Crippen LogP contribution in [0.25, 0.3) is 6.08 Å². The van der Waals surface area contributed by atoms with Crippen LogP contribution in [0.3, 0.4) is 0 Å². The van der Waals surface area contributed by atoms with Crippen LogP contribution in [0.15, 0.2) is 24.3 Å². The first-order valence-corrected chi connectivity index (χ1v) is 5.71. The summed E-state index contributed by atoms with van der Waals surface area (Å²) in [4.78, 5) is 20.6. The molecule has 6 heteroatoms. The van der Waals surface area contributed by atoms with Gasteiger partial charge in [-0.15, -0.1) is 0 Å². The number of benzene rings is 1. The van der Waals surface area contributed by atoms with E-state index in [1.54, 1.807) is 24.3 Å². The lowest BCUT2D eigenvalue weighted by Crippen LogP contribution is -1.93. The van der Waals surface area contributed by atoms with Crippen molar-refractivity contribution < 1.29 is 14.8 Å². The smallest absolute Gasteiger partial charge is 0.303 e. The molecular formula is C12H12ClNO4. The molecule has 0 heterocycles. The lowest BCUT2D eigenvalue weighted by molar-refractivity contribution is -0.385. The second-order valence-corrected chi connectivity index (χ2v) is 4.09. The molecule has 0 saturated carbocycles. The van der Waals surface area contributed by atoms with Crippen LogP contribution in [0.1, 0.15) is 24.8 Å². The summed E-state index contributed by atoms with van der Waals surface area (Å²) in [5, 5.41) is 19.5. The van der Waals surface area contributed by atoms with E-state index in [-0.39, 0.29) is 12.1 Å². The number of halogens is 1. The van der Waals surface area contributed by atoms with Gasteiger partial charge in [-0.25, -0.2) is 0 Å². The van der Waals surface area contributed by atoms with Gasteiger partial charge in [0.25, 0.3) is 5.69 Å². The van der Waals surface area contributed by atoms with Gasteiger partial charge in [0, 0.05) is 17.5 Å². The monoisotopic (exact) mass is 269 g/mol. The molecule has 1 aromatic carbocycles. The third-order valence-electron chi connectivity index (χ3n) is 2.25. The van der Waals surface area contributed by atoms with E-state index >= 15 is 0 Å². The van der Waals surface area contributed by atoms with Gasteiger partial charge < -0.3 is 5.11 Å². The van der Waals surface area contributed by atoms with Crippen LogP contribution < -0.4 is 0 Å². The first-order chi connectivity index (χ1) is 8.50. The van der Waals surface area contributed by atoms with Crippen LogP contribution in [0.4, 0.5) is 5.69 Å². The van der Waals surface area contributed by atoms with E-state index in [9.17, 15) is 14.9 Å². The molecule has 0 fully saturated rings. The van der Waals surface area contributed by atoms with Crippen LogP contribution in [-0.4, -0.2) is 16.0 Å². The molecule has 0 saturated heterocycles. The average molecular weight is 270 g/mol. The topological polar surface area (TPSA) is 80.4 Å². The Hall–Kier alpha value is -1.88. The minimum Gasteiger partial charge on any atom is -0.481 e. The molecule has 1 aromatic rings. The number of hydrogen-bond acceptors (Lipinski definition) is 3. The fourth-order valence-corrected chi connectivity index (χ4v) is 1.56. The van der Waals surface area contributed by atoms with E-state index in [0.29, 0.717) is 23.4 Å². The van der Waals surface area contributed by atoms with Gasteiger partial charge in [-0.2, -0.15) is 0 Å². The molecule has 0 amide bonds. The molecule has 1 rings (SSSR count). The summed E-state index contributed by atoms with van der Waals surface area (Å²) < 4.78 is 0. The van der Waals surface area contributed by atoms with Gasteiger partial charge >= 0.3 is 5.97 Å². The maximum absolute atomic E-state index is 10.8. The van der Waals surface area contributed by atoms with E-state index in [1.807, 2.05) is 0 Å². The Bertz CT molecular complexity index is 485. The Morgan fingerprint density at radius 3 is 2.83 bits per heavy atom. The maximum Gasteiger partial charge on any atom is 0.303 e. The van der Waals surface area contributed by atoms with Crippen molar-refractivity contribution in [2.24, 2.45) is 0 Å². The summed E-state index contributed by atoms with van der Waals surface area (Å²) in [5.74, 6) is -0.846. The Morgan fingerprint density at radius 2 is 2.22 bits per heavy atom. The summed E-state index contributed by atoms with van der Waals surface area (Å²) in [6.45, 7) is 0. The van der Waals surface area contributed by atoms with E-state index in [0.717, 1.165) is 0 Å². The lowest BCUT2D eigenvalue weighted by atomic mass is 10.1. The normalized spacial score (nSPS) is 10.7. The predicted octanol–water partition coefficient (Wildman–Crippen LogP) is 3.52. The highest BCUT2D eigenvalue weighted by atomic mass is 35.5. The number of aliphatic carboxylic acids is 1. The summed E-state index contributed by atoms with van der Waals surface area (Å²) in [5.41, 5.74) is 0.400. The van der Waals surface area contributed by atoms with Crippen LogP contribution in [0.2, 0.25) is 5.02 Å². The molecule has 0 aliphatic rings. The van der Waals surface area contributed by atoms with E-state index < -0.39 is 10.9 Å². The Balaban J connectivity index is 2.69. The van der Waals surface area contributed by atoms with Gasteiger partial charge in [0.15, 0.2) is 0 Å². The quantitative estimate of drug-likeness (QED) is 0.487. The summed E-state index contributed by atoms with van der Waals surface area (Å²) in [6.07, 6.45) is 4.49. The first kappa shape index (κ1) is 14.2. The van der Waals surface area contributed by atoms with Crippen molar-refractivity contribution in [1.29, 1.82) is 0 Å². The molecule has 18 heavy (non-hydrogen) atoms. The van der Waals surface area contributed by atoms with Crippen molar-refractivity contribution >= 4 is 29.3 Å². The number of carboxylic acids is 1. The van der Waals surface area contributed by atoms with Crippen molar-refractivity contribution in [3.05, 3.63) is 45.0 Å². The molecule has 5 nitrogen and oxygen atoms in total. The van der Waals surface area contributed by atoms with E-state index in [1.165, 1.54) is 6.07 Å². The molecule has 0 aromatic heterocycles. The summed E-state index contributed by atoms with van der Waals surface area (Å²) >= 11 is 5.69. The Morgan fingerprint density at radius 1 is 1.50 bits per heavy atom. The molecule has 0 radical (unpaired) electrons. The summed E-state index contributed by atoms with van der Waals surface area (Å²) in [6, 6.07) is 4.43. The zero-order valence-corrected chi connectivity index (χ0v) is 10.3. The number of hydrogen-bond donors (Lipinski definition) is 1. The SMILES string of the molecule is O=C(O)CCC/C=C/c1ccc(Cl)cc1[N+](=O)[O-]. The number of unbranched alkanes of at least 4 members (excludes halogenated alkanes) is 1. The van der Waals surface area contributed by atoms with Gasteiger partial charge in [-0.05, 0) is 25.0 Å². The Kier molecular flexibility index (Phi) is 5.32. The number of nitro groups is 1. The van der Waals surface area contributed by atoms with Gasteiger partial charge in [0.2, 0.25) is 0 Å². The molecule has 0 aliphatic heterocycles. The van der Waals surface area contributed by atoms with Gasteiger partial charge in [0.05, 0.1) is 10.5 Å². The van der Waals surface area contributed by atoms with Gasteiger partial charge in [0.1, 0.15) is 0 Å². The molecule has 1 N–H and O–H groups in total. The molecule has 96 valence electrons. The first-order valence-electron chi connectivity index (χ1n) is 5.33. The fraction of sp³-hybridized carbons (Fsp3) is 0.250. The number of rotatable bonds is 6. The maximum atomic E-state index is 10.8. The minimum absolute atomic E-state index is 0.0583. The van der Waals surface area contributed by atoms with E-state index in [4.69, 9.17) is 16.7 Å². The third-order valence-corrected chi connectivity index (χ3v) is 2.48. The average Bonchev–Trinajstić information content (AvgIpc) is 2.29. The molecule has 0 spiro atoms. The van der Waals surface area contributed by atoms with Gasteiger partial charge in [-0.3, -0.25) is 14.9 Å². The van der Waals surface area contributed by atoms with Crippen LogP contribution in [0.5, 0.6) is 0 Å². The standard InChI is InChI=1S/C12H12ClNO4/c13-10-7-6-9(11(8-10)14(17)18)4-2-1-3-5-12(15)16/h2,4,6-8H,1,3,5H2,(H,15,16)/b4-2+. The molecule has 0 bridgehead atoms. The Labute approximate surface area is 109 Å². The zero-order valence-electron chi connectivity index (χ0n) is 9.51. The number of allylic oxidation sites excluding steroid dienone is 1. The second kappa shape index (κ2) is 6.76. The number of nitro benzene ring substituents is 1. The third kappa shape index (κ3) is 4.55. The lowest BCUT2D eigenvalue weighted by Gasteiger charge is -1.98. The van der Waals surface area contributed by atoms with Crippen LogP contribution >= 0.6 is 11.6 Å².